The van der Waals surface area contributed by atoms with Crippen molar-refractivity contribution in [2.24, 2.45) is 0 Å². The smallest absolute Gasteiger partial charge is 0.428 e. The molecule has 0 radical (unpaired) electrons. The van der Waals surface area contributed by atoms with E-state index in [2.05, 4.69) is 5.43 Å². The minimum atomic E-state index is -0.697. The summed E-state index contributed by atoms with van der Waals surface area (Å²) in [6.45, 7) is 5.18. The van der Waals surface area contributed by atoms with Gasteiger partial charge in [-0.15, -0.1) is 0 Å². The molecule has 1 aliphatic rings. The molecule has 0 unspecified atom stereocenters. The van der Waals surface area contributed by atoms with Gasteiger partial charge in [-0.2, -0.15) is 0 Å². The molecular weight excluding hydrogens is 375 g/mol. The summed E-state index contributed by atoms with van der Waals surface area (Å²) in [7, 11) is 1.43. The molecule has 1 amide bonds. The second kappa shape index (κ2) is 8.08. The van der Waals surface area contributed by atoms with E-state index in [4.69, 9.17) is 16.3 Å². The highest BCUT2D eigenvalue weighted by Crippen LogP contribution is 2.27. The lowest BCUT2D eigenvalue weighted by Crippen LogP contribution is -2.44. The number of Topliss-reactive ketones (excluding diaryl/α,β-unsaturated/α-hetero) is 2. The summed E-state index contributed by atoms with van der Waals surface area (Å²) in [6, 6.07) is 3.39. The van der Waals surface area contributed by atoms with Crippen LogP contribution in [0.1, 0.15) is 50.4 Å². The van der Waals surface area contributed by atoms with Crippen molar-refractivity contribution in [3.63, 3.8) is 0 Å². The van der Waals surface area contributed by atoms with Gasteiger partial charge in [-0.3, -0.25) is 15.0 Å². The van der Waals surface area contributed by atoms with Crippen LogP contribution in [0.4, 0.5) is 9.18 Å². The highest BCUT2D eigenvalue weighted by atomic mass is 35.5. The van der Waals surface area contributed by atoms with Crippen molar-refractivity contribution in [3.05, 3.63) is 45.9 Å². The van der Waals surface area contributed by atoms with Crippen LogP contribution in [-0.2, 0) is 9.53 Å². The van der Waals surface area contributed by atoms with Crippen molar-refractivity contribution >= 4 is 29.3 Å². The monoisotopic (exact) mass is 396 g/mol. The summed E-state index contributed by atoms with van der Waals surface area (Å²) < 4.78 is 18.8. The van der Waals surface area contributed by atoms with Gasteiger partial charge in [-0.1, -0.05) is 11.6 Å². The number of ether oxygens (including phenoxy) is 1. The van der Waals surface area contributed by atoms with Gasteiger partial charge in [0.1, 0.15) is 11.4 Å². The molecule has 0 aromatic heterocycles. The summed E-state index contributed by atoms with van der Waals surface area (Å²) in [5, 5.41) is 1.12. The van der Waals surface area contributed by atoms with E-state index in [0.29, 0.717) is 12.8 Å². The highest BCUT2D eigenvalue weighted by molar-refractivity contribution is 6.37. The van der Waals surface area contributed by atoms with E-state index >= 15 is 0 Å². The van der Waals surface area contributed by atoms with Crippen LogP contribution in [0.15, 0.2) is 29.5 Å². The van der Waals surface area contributed by atoms with Crippen LogP contribution in [0.3, 0.4) is 0 Å². The van der Waals surface area contributed by atoms with Crippen LogP contribution >= 0.6 is 11.6 Å². The highest BCUT2D eigenvalue weighted by Gasteiger charge is 2.30. The maximum absolute atomic E-state index is 13.5. The number of carbonyl (C=O) groups is 3. The Balaban J connectivity index is 2.35. The Morgan fingerprint density at radius 1 is 1.26 bits per heavy atom. The number of allylic oxidation sites excluding steroid dienone is 2. The summed E-state index contributed by atoms with van der Waals surface area (Å²) in [6.07, 6.45) is 0.433. The largest absolute Gasteiger partial charge is 0.442 e. The fourth-order valence-corrected chi connectivity index (χ4v) is 2.81. The topological polar surface area (TPSA) is 75.7 Å². The van der Waals surface area contributed by atoms with Crippen molar-refractivity contribution in [1.29, 1.82) is 0 Å². The minimum absolute atomic E-state index is 0.0483. The lowest BCUT2D eigenvalue weighted by atomic mass is 9.89. The zero-order valence-electron chi connectivity index (χ0n) is 15.7. The third-order valence-corrected chi connectivity index (χ3v) is 4.11. The Bertz CT molecular complexity index is 814. The number of halogens is 2. The van der Waals surface area contributed by atoms with Crippen LogP contribution in [-0.4, -0.2) is 35.3 Å². The van der Waals surface area contributed by atoms with E-state index in [0.717, 1.165) is 17.1 Å². The fourth-order valence-electron chi connectivity index (χ4n) is 2.60. The zero-order valence-corrected chi connectivity index (χ0v) is 16.4. The number of rotatable bonds is 4. The van der Waals surface area contributed by atoms with Gasteiger partial charge in [0.15, 0.2) is 11.6 Å². The molecule has 2 rings (SSSR count). The van der Waals surface area contributed by atoms with Crippen LogP contribution < -0.4 is 5.43 Å². The van der Waals surface area contributed by atoms with Gasteiger partial charge < -0.3 is 4.74 Å². The van der Waals surface area contributed by atoms with Crippen LogP contribution in [0.25, 0.3) is 0 Å². The molecule has 0 saturated carbocycles. The Morgan fingerprint density at radius 3 is 2.56 bits per heavy atom. The van der Waals surface area contributed by atoms with Gasteiger partial charge in [0.05, 0.1) is 10.6 Å². The maximum atomic E-state index is 13.5. The molecule has 0 spiro atoms. The van der Waals surface area contributed by atoms with E-state index in [1.54, 1.807) is 20.8 Å². The normalized spacial score (nSPS) is 14.8. The van der Waals surface area contributed by atoms with Gasteiger partial charge in [0.25, 0.3) is 0 Å². The lowest BCUT2D eigenvalue weighted by Gasteiger charge is -2.28. The van der Waals surface area contributed by atoms with Crippen molar-refractivity contribution in [3.8, 4) is 0 Å². The summed E-state index contributed by atoms with van der Waals surface area (Å²) in [5.74, 6) is -1.69. The molecule has 1 aliphatic carbocycles. The third kappa shape index (κ3) is 5.29. The van der Waals surface area contributed by atoms with Crippen molar-refractivity contribution in [1.82, 2.24) is 10.4 Å². The quantitative estimate of drug-likeness (QED) is 0.472. The molecule has 1 aromatic carbocycles. The number of nitrogens with zero attached hydrogens (tertiary/aromatic N) is 1. The average molecular weight is 397 g/mol. The first-order valence-electron chi connectivity index (χ1n) is 8.49. The van der Waals surface area contributed by atoms with Crippen molar-refractivity contribution in [2.45, 2.75) is 45.6 Å². The Morgan fingerprint density at radius 2 is 1.93 bits per heavy atom. The van der Waals surface area contributed by atoms with Crippen molar-refractivity contribution < 1.29 is 23.5 Å². The second-order valence-corrected chi connectivity index (χ2v) is 7.64. The van der Waals surface area contributed by atoms with Gasteiger partial charge >= 0.3 is 6.09 Å². The van der Waals surface area contributed by atoms with E-state index < -0.39 is 23.3 Å². The number of carbonyl (C=O) groups excluding carboxylic acids is 3. The predicted octanol–water partition coefficient (Wildman–Crippen LogP) is 4.04. The Labute approximate surface area is 162 Å². The molecule has 1 aromatic rings. The zero-order chi connectivity index (χ0) is 20.4. The average Bonchev–Trinajstić information content (AvgIpc) is 2.55. The molecular formula is C19H22ClFN2O4. The van der Waals surface area contributed by atoms with E-state index in [9.17, 15) is 18.8 Å². The first-order chi connectivity index (χ1) is 12.5. The van der Waals surface area contributed by atoms with E-state index in [1.165, 1.54) is 13.1 Å². The van der Waals surface area contributed by atoms with Gasteiger partial charge in [0, 0.05) is 24.7 Å². The third-order valence-electron chi connectivity index (χ3n) is 3.78. The standard InChI is InChI=1S/C19H22ClFN2O4/c1-19(2,3)27-18(26)23(4)22-14-6-5-7-15(24)16(14)17(25)12-10-11(21)8-9-13(12)20/h8-10,22H,5-7H2,1-4H3. The Hall–Kier alpha value is -2.41. The van der Waals surface area contributed by atoms with Gasteiger partial charge in [0.2, 0.25) is 0 Å². The van der Waals surface area contributed by atoms with Crippen LogP contribution in [0.2, 0.25) is 5.02 Å². The molecule has 0 saturated heterocycles. The molecule has 0 aliphatic heterocycles. The molecule has 27 heavy (non-hydrogen) atoms. The van der Waals surface area contributed by atoms with Gasteiger partial charge in [-0.25, -0.2) is 14.2 Å². The number of hydrogen-bond acceptors (Lipinski definition) is 5. The number of benzene rings is 1. The van der Waals surface area contributed by atoms with Crippen LogP contribution in [0, 0.1) is 5.82 Å². The van der Waals surface area contributed by atoms with Gasteiger partial charge in [-0.05, 0) is 51.8 Å². The molecule has 0 fully saturated rings. The molecule has 6 nitrogen and oxygen atoms in total. The molecule has 0 atom stereocenters. The molecule has 0 bridgehead atoms. The molecule has 0 heterocycles. The second-order valence-electron chi connectivity index (χ2n) is 7.23. The van der Waals surface area contributed by atoms with Crippen LogP contribution in [0.5, 0.6) is 0 Å². The summed E-state index contributed by atoms with van der Waals surface area (Å²) in [4.78, 5) is 37.4. The number of amides is 1. The summed E-state index contributed by atoms with van der Waals surface area (Å²) in [5.41, 5.74) is 2.13. The fraction of sp³-hybridized carbons (Fsp3) is 0.421. The van der Waals surface area contributed by atoms with E-state index in [-0.39, 0.29) is 34.1 Å². The lowest BCUT2D eigenvalue weighted by molar-refractivity contribution is -0.115. The number of ketones is 2. The minimum Gasteiger partial charge on any atom is -0.442 e. The number of hydrazine groups is 1. The SMILES string of the molecule is CN(NC1=C(C(=O)c2cc(F)ccc2Cl)C(=O)CCC1)C(=O)OC(C)(C)C. The maximum Gasteiger partial charge on any atom is 0.428 e. The van der Waals surface area contributed by atoms with Crippen molar-refractivity contribution in [2.75, 3.05) is 7.05 Å². The Kier molecular flexibility index (Phi) is 6.26. The first kappa shape index (κ1) is 20.9. The molecule has 146 valence electrons. The predicted molar refractivity (Wildman–Crippen MR) is 98.8 cm³/mol. The van der Waals surface area contributed by atoms with E-state index in [1.807, 2.05) is 0 Å². The summed E-state index contributed by atoms with van der Waals surface area (Å²) >= 11 is 6.01. The molecule has 8 heteroatoms. The molecule has 1 N–H and O–H groups in total. The first-order valence-corrected chi connectivity index (χ1v) is 8.87. The number of nitrogens with one attached hydrogen (secondary N) is 1. The number of hydrogen-bond donors (Lipinski definition) is 1.